The molecule has 0 bridgehead atoms. The number of carbonyl (C=O) groups excluding carboxylic acids is 1. The van der Waals surface area contributed by atoms with Crippen molar-refractivity contribution in [3.63, 3.8) is 0 Å². The summed E-state index contributed by atoms with van der Waals surface area (Å²) in [4.78, 5) is 24.5. The molecule has 0 spiro atoms. The Kier molecular flexibility index (Phi) is 3.89. The zero-order valence-corrected chi connectivity index (χ0v) is 10.6. The monoisotopic (exact) mass is 264 g/mol. The molecule has 0 aliphatic carbocycles. The van der Waals surface area contributed by atoms with Crippen molar-refractivity contribution in [2.45, 2.75) is 12.5 Å². The van der Waals surface area contributed by atoms with E-state index in [0.29, 0.717) is 18.8 Å². The molecule has 1 saturated heterocycles. The molecule has 0 aromatic heterocycles. The van der Waals surface area contributed by atoms with Gasteiger partial charge in [0.25, 0.3) is 0 Å². The number of piperazine rings is 1. The molecule has 0 saturated carbocycles. The van der Waals surface area contributed by atoms with Gasteiger partial charge in [-0.15, -0.1) is 0 Å². The van der Waals surface area contributed by atoms with Crippen molar-refractivity contribution < 1.29 is 19.4 Å². The van der Waals surface area contributed by atoms with Crippen LogP contribution in [0.25, 0.3) is 0 Å². The van der Waals surface area contributed by atoms with Crippen molar-refractivity contribution in [3.8, 4) is 5.75 Å². The normalized spacial score (nSPS) is 18.9. The standard InChI is InChI=1S/C13H16N2O4/c1-19-10-4-2-3-9(7-10)15-6-5-14-13(18)11(15)8-12(16)17/h2-4,7,11H,5-6,8H2,1H3,(H,14,18)(H,16,17). The van der Waals surface area contributed by atoms with Gasteiger partial charge in [-0.3, -0.25) is 9.59 Å². The fourth-order valence-corrected chi connectivity index (χ4v) is 2.18. The summed E-state index contributed by atoms with van der Waals surface area (Å²) >= 11 is 0. The van der Waals surface area contributed by atoms with Gasteiger partial charge >= 0.3 is 5.97 Å². The number of rotatable bonds is 4. The predicted molar refractivity (Wildman–Crippen MR) is 69.4 cm³/mol. The van der Waals surface area contributed by atoms with Crippen LogP contribution < -0.4 is 15.0 Å². The van der Waals surface area contributed by atoms with E-state index in [4.69, 9.17) is 9.84 Å². The van der Waals surface area contributed by atoms with Crippen molar-refractivity contribution in [3.05, 3.63) is 24.3 Å². The first kappa shape index (κ1) is 13.2. The first-order valence-corrected chi connectivity index (χ1v) is 6.02. The summed E-state index contributed by atoms with van der Waals surface area (Å²) in [6.07, 6.45) is -0.219. The molecule has 1 aliphatic heterocycles. The largest absolute Gasteiger partial charge is 0.497 e. The van der Waals surface area contributed by atoms with Crippen LogP contribution >= 0.6 is 0 Å². The molecule has 6 heteroatoms. The van der Waals surface area contributed by atoms with Crippen molar-refractivity contribution in [1.82, 2.24) is 5.32 Å². The van der Waals surface area contributed by atoms with Gasteiger partial charge in [0.05, 0.1) is 13.5 Å². The lowest BCUT2D eigenvalue weighted by Crippen LogP contribution is -2.56. The van der Waals surface area contributed by atoms with Gasteiger partial charge in [-0.05, 0) is 12.1 Å². The number of carboxylic acid groups (broad SMARTS) is 1. The Morgan fingerprint density at radius 3 is 3.05 bits per heavy atom. The lowest BCUT2D eigenvalue weighted by atomic mass is 10.1. The zero-order valence-electron chi connectivity index (χ0n) is 10.6. The second-order valence-electron chi connectivity index (χ2n) is 4.30. The topological polar surface area (TPSA) is 78.9 Å². The molecular formula is C13H16N2O4. The number of amides is 1. The van der Waals surface area contributed by atoms with Crippen LogP contribution in [0.3, 0.4) is 0 Å². The Morgan fingerprint density at radius 1 is 1.58 bits per heavy atom. The lowest BCUT2D eigenvalue weighted by molar-refractivity contribution is -0.139. The summed E-state index contributed by atoms with van der Waals surface area (Å²) < 4.78 is 5.15. The van der Waals surface area contributed by atoms with Gasteiger partial charge in [0.15, 0.2) is 0 Å². The number of ether oxygens (including phenoxy) is 1. The molecule has 1 aromatic rings. The van der Waals surface area contributed by atoms with Crippen molar-refractivity contribution in [1.29, 1.82) is 0 Å². The van der Waals surface area contributed by atoms with Crippen LogP contribution in [-0.4, -0.2) is 43.2 Å². The Morgan fingerprint density at radius 2 is 2.37 bits per heavy atom. The molecule has 1 amide bonds. The third kappa shape index (κ3) is 2.96. The van der Waals surface area contributed by atoms with Gasteiger partial charge in [0.2, 0.25) is 5.91 Å². The van der Waals surface area contributed by atoms with Crippen LogP contribution in [0, 0.1) is 0 Å². The van der Waals surface area contributed by atoms with Crippen LogP contribution in [0.1, 0.15) is 6.42 Å². The SMILES string of the molecule is COc1cccc(N2CCNC(=O)C2CC(=O)O)c1. The number of methoxy groups -OCH3 is 1. The van der Waals surface area contributed by atoms with Gasteiger partial charge in [-0.2, -0.15) is 0 Å². The van der Waals surface area contributed by atoms with Gasteiger partial charge in [-0.1, -0.05) is 6.07 Å². The van der Waals surface area contributed by atoms with Gasteiger partial charge in [0, 0.05) is 24.8 Å². The van der Waals surface area contributed by atoms with E-state index in [9.17, 15) is 9.59 Å². The van der Waals surface area contributed by atoms with Gasteiger partial charge in [-0.25, -0.2) is 0 Å². The highest BCUT2D eigenvalue weighted by molar-refractivity contribution is 5.90. The summed E-state index contributed by atoms with van der Waals surface area (Å²) in [5.74, 6) is -0.566. The Balaban J connectivity index is 2.27. The first-order chi connectivity index (χ1) is 9.11. The van der Waals surface area contributed by atoms with Crippen LogP contribution in [0.5, 0.6) is 5.75 Å². The number of hydrogen-bond donors (Lipinski definition) is 2. The average molecular weight is 264 g/mol. The molecule has 1 fully saturated rings. The molecule has 0 radical (unpaired) electrons. The predicted octanol–water partition coefficient (Wildman–Crippen LogP) is 0.475. The lowest BCUT2D eigenvalue weighted by Gasteiger charge is -2.36. The molecule has 19 heavy (non-hydrogen) atoms. The molecule has 1 atom stereocenters. The number of hydrogen-bond acceptors (Lipinski definition) is 4. The molecule has 1 heterocycles. The molecule has 102 valence electrons. The van der Waals surface area contributed by atoms with Gasteiger partial charge < -0.3 is 20.1 Å². The minimum absolute atomic E-state index is 0.219. The van der Waals surface area contributed by atoms with Crippen LogP contribution in [0.4, 0.5) is 5.69 Å². The van der Waals surface area contributed by atoms with E-state index in [1.54, 1.807) is 24.1 Å². The summed E-state index contributed by atoms with van der Waals surface area (Å²) in [7, 11) is 1.57. The van der Waals surface area contributed by atoms with E-state index in [-0.39, 0.29) is 12.3 Å². The molecule has 2 rings (SSSR count). The smallest absolute Gasteiger partial charge is 0.305 e. The molecule has 6 nitrogen and oxygen atoms in total. The maximum Gasteiger partial charge on any atom is 0.305 e. The maximum atomic E-state index is 11.8. The highest BCUT2D eigenvalue weighted by Crippen LogP contribution is 2.24. The minimum atomic E-state index is -0.991. The molecule has 1 aromatic carbocycles. The number of nitrogens with zero attached hydrogens (tertiary/aromatic N) is 1. The minimum Gasteiger partial charge on any atom is -0.497 e. The second-order valence-corrected chi connectivity index (χ2v) is 4.30. The highest BCUT2D eigenvalue weighted by Gasteiger charge is 2.31. The van der Waals surface area contributed by atoms with E-state index in [2.05, 4.69) is 5.32 Å². The number of anilines is 1. The Hall–Kier alpha value is -2.24. The summed E-state index contributed by atoms with van der Waals surface area (Å²) in [5.41, 5.74) is 0.792. The first-order valence-electron chi connectivity index (χ1n) is 6.02. The molecule has 1 aliphatic rings. The Bertz CT molecular complexity index is 489. The fraction of sp³-hybridized carbons (Fsp3) is 0.385. The summed E-state index contributed by atoms with van der Waals surface area (Å²) in [6.45, 7) is 1.09. The zero-order chi connectivity index (χ0) is 13.8. The molecule has 2 N–H and O–H groups in total. The highest BCUT2D eigenvalue weighted by atomic mass is 16.5. The molecular weight excluding hydrogens is 248 g/mol. The van der Waals surface area contributed by atoms with E-state index in [0.717, 1.165) is 5.69 Å². The second kappa shape index (κ2) is 5.60. The third-order valence-electron chi connectivity index (χ3n) is 3.08. The van der Waals surface area contributed by atoms with Crippen molar-refractivity contribution in [2.24, 2.45) is 0 Å². The quantitative estimate of drug-likeness (QED) is 0.826. The van der Waals surface area contributed by atoms with Crippen molar-refractivity contribution in [2.75, 3.05) is 25.1 Å². The fourth-order valence-electron chi connectivity index (χ4n) is 2.18. The number of benzene rings is 1. The van der Waals surface area contributed by atoms with E-state index in [1.807, 2.05) is 12.1 Å². The summed E-state index contributed by atoms with van der Waals surface area (Å²) in [5, 5.41) is 11.6. The van der Waals surface area contributed by atoms with E-state index in [1.165, 1.54) is 0 Å². The van der Waals surface area contributed by atoms with Crippen molar-refractivity contribution >= 4 is 17.6 Å². The number of aliphatic carboxylic acids is 1. The Labute approximate surface area is 111 Å². The number of carboxylic acids is 1. The third-order valence-corrected chi connectivity index (χ3v) is 3.08. The maximum absolute atomic E-state index is 11.8. The van der Waals surface area contributed by atoms with E-state index < -0.39 is 12.0 Å². The van der Waals surface area contributed by atoms with Crippen LogP contribution in [-0.2, 0) is 9.59 Å². The van der Waals surface area contributed by atoms with E-state index >= 15 is 0 Å². The van der Waals surface area contributed by atoms with Crippen LogP contribution in [0.15, 0.2) is 24.3 Å². The molecule has 1 unspecified atom stereocenters. The number of nitrogens with one attached hydrogen (secondary N) is 1. The average Bonchev–Trinajstić information content (AvgIpc) is 2.40. The van der Waals surface area contributed by atoms with Crippen LogP contribution in [0.2, 0.25) is 0 Å². The van der Waals surface area contributed by atoms with Gasteiger partial charge in [0.1, 0.15) is 11.8 Å². The summed E-state index contributed by atoms with van der Waals surface area (Å²) in [6, 6.07) is 6.58. The number of carbonyl (C=O) groups is 2.